The number of nitrogens with zero attached hydrogens (tertiary/aromatic N) is 6. The molecule has 3 aromatic heterocycles. The number of pyridine rings is 1. The Balaban J connectivity index is 1.68. The van der Waals surface area contributed by atoms with Crippen molar-refractivity contribution in [1.82, 2.24) is 23.9 Å². The maximum absolute atomic E-state index is 13.0. The van der Waals surface area contributed by atoms with E-state index in [0.29, 0.717) is 16.5 Å². The predicted octanol–water partition coefficient (Wildman–Crippen LogP) is 1.81. The van der Waals surface area contributed by atoms with E-state index in [-0.39, 0.29) is 24.1 Å². The van der Waals surface area contributed by atoms with E-state index in [4.69, 9.17) is 4.99 Å². The van der Waals surface area contributed by atoms with E-state index in [0.717, 1.165) is 18.4 Å². The van der Waals surface area contributed by atoms with Crippen LogP contribution in [0.4, 0.5) is 0 Å². The monoisotopic (exact) mass is 380 g/mol. The number of carbonyl (C=O) groups is 1. The molecule has 1 fully saturated rings. The SMILES string of the molecule is Cc1ccn(C(=O)Cn2cnc3c(cnn3C)c2=O)c(=NC2CCCCC2)c1. The fourth-order valence-electron chi connectivity index (χ4n) is 3.70. The van der Waals surface area contributed by atoms with Crippen molar-refractivity contribution < 1.29 is 4.79 Å². The van der Waals surface area contributed by atoms with Gasteiger partial charge in [-0.1, -0.05) is 19.3 Å². The molecule has 0 unspecified atom stereocenters. The van der Waals surface area contributed by atoms with E-state index in [1.54, 1.807) is 22.5 Å². The molecule has 8 nitrogen and oxygen atoms in total. The van der Waals surface area contributed by atoms with Gasteiger partial charge in [-0.05, 0) is 37.5 Å². The minimum Gasteiger partial charge on any atom is -0.289 e. The number of fused-ring (bicyclic) bond motifs is 1. The molecule has 3 heterocycles. The molecule has 3 aromatic rings. The van der Waals surface area contributed by atoms with Crippen molar-refractivity contribution in [2.45, 2.75) is 51.6 Å². The molecule has 0 saturated heterocycles. The summed E-state index contributed by atoms with van der Waals surface area (Å²) >= 11 is 0. The molecule has 0 bridgehead atoms. The van der Waals surface area contributed by atoms with Crippen LogP contribution in [0.5, 0.6) is 0 Å². The lowest BCUT2D eigenvalue weighted by molar-refractivity contribution is 0.0883. The third kappa shape index (κ3) is 3.54. The first-order valence-electron chi connectivity index (χ1n) is 9.66. The third-order valence-corrected chi connectivity index (χ3v) is 5.27. The second-order valence-electron chi connectivity index (χ2n) is 7.43. The standard InChI is InChI=1S/C20H24N6O2/c1-14-8-9-26(17(10-14)23-15-6-4-3-5-7-15)18(27)12-25-13-21-19-16(20(25)28)11-22-24(19)2/h8-11,13,15H,3-7,12H2,1-2H3. The van der Waals surface area contributed by atoms with Crippen molar-refractivity contribution in [2.75, 3.05) is 0 Å². The zero-order valence-electron chi connectivity index (χ0n) is 16.2. The second-order valence-corrected chi connectivity index (χ2v) is 7.43. The molecule has 0 N–H and O–H groups in total. The van der Waals surface area contributed by atoms with Crippen LogP contribution in [0.1, 0.15) is 42.5 Å². The summed E-state index contributed by atoms with van der Waals surface area (Å²) in [5.41, 5.74) is 1.93. The summed E-state index contributed by atoms with van der Waals surface area (Å²) in [4.78, 5) is 34.7. The second kappa shape index (κ2) is 7.53. The van der Waals surface area contributed by atoms with Crippen molar-refractivity contribution in [2.24, 2.45) is 12.0 Å². The van der Waals surface area contributed by atoms with Gasteiger partial charge in [0.1, 0.15) is 23.7 Å². The average molecular weight is 380 g/mol. The Kier molecular flexibility index (Phi) is 4.93. The Labute approximate surface area is 162 Å². The van der Waals surface area contributed by atoms with Crippen LogP contribution in [-0.2, 0) is 13.6 Å². The van der Waals surface area contributed by atoms with E-state index >= 15 is 0 Å². The van der Waals surface area contributed by atoms with Crippen LogP contribution in [-0.4, -0.2) is 35.8 Å². The molecule has 1 aliphatic rings. The van der Waals surface area contributed by atoms with Crippen LogP contribution >= 0.6 is 0 Å². The Morgan fingerprint density at radius 2 is 2.07 bits per heavy atom. The van der Waals surface area contributed by atoms with Gasteiger partial charge in [0, 0.05) is 13.2 Å². The van der Waals surface area contributed by atoms with Gasteiger partial charge >= 0.3 is 0 Å². The average Bonchev–Trinajstić information content (AvgIpc) is 3.06. The van der Waals surface area contributed by atoms with Gasteiger partial charge in [0.15, 0.2) is 5.65 Å². The van der Waals surface area contributed by atoms with Crippen LogP contribution < -0.4 is 11.0 Å². The summed E-state index contributed by atoms with van der Waals surface area (Å²) in [6.45, 7) is 1.89. The number of aromatic nitrogens is 5. The number of aryl methyl sites for hydroxylation is 2. The molecule has 0 spiro atoms. The maximum atomic E-state index is 13.0. The zero-order chi connectivity index (χ0) is 19.7. The molecule has 0 radical (unpaired) electrons. The van der Waals surface area contributed by atoms with E-state index in [2.05, 4.69) is 10.1 Å². The summed E-state index contributed by atoms with van der Waals surface area (Å²) in [6, 6.07) is 4.06. The van der Waals surface area contributed by atoms with Crippen molar-refractivity contribution in [3.05, 3.63) is 52.3 Å². The Bertz CT molecular complexity index is 1150. The third-order valence-electron chi connectivity index (χ3n) is 5.27. The maximum Gasteiger partial charge on any atom is 0.264 e. The van der Waals surface area contributed by atoms with Gasteiger partial charge in [0.2, 0.25) is 0 Å². The number of hydrogen-bond acceptors (Lipinski definition) is 5. The highest BCUT2D eigenvalue weighted by molar-refractivity contribution is 5.79. The highest BCUT2D eigenvalue weighted by Gasteiger charge is 2.15. The highest BCUT2D eigenvalue weighted by atomic mass is 16.2. The molecule has 0 aromatic carbocycles. The lowest BCUT2D eigenvalue weighted by Gasteiger charge is -2.18. The highest BCUT2D eigenvalue weighted by Crippen LogP contribution is 2.19. The molecule has 1 saturated carbocycles. The summed E-state index contributed by atoms with van der Waals surface area (Å²) < 4.78 is 4.41. The molecule has 146 valence electrons. The smallest absolute Gasteiger partial charge is 0.264 e. The molecular weight excluding hydrogens is 356 g/mol. The molecule has 0 amide bonds. The molecule has 8 heteroatoms. The van der Waals surface area contributed by atoms with Gasteiger partial charge in [-0.15, -0.1) is 0 Å². The van der Waals surface area contributed by atoms with Crippen molar-refractivity contribution in [3.8, 4) is 0 Å². The van der Waals surface area contributed by atoms with E-state index in [1.807, 2.05) is 19.1 Å². The minimum absolute atomic E-state index is 0.0996. The topological polar surface area (TPSA) is 87.1 Å². The van der Waals surface area contributed by atoms with Crippen LogP contribution in [0.3, 0.4) is 0 Å². The van der Waals surface area contributed by atoms with Crippen molar-refractivity contribution >= 4 is 16.9 Å². The molecule has 0 atom stereocenters. The number of hydrogen-bond donors (Lipinski definition) is 0. The predicted molar refractivity (Wildman–Crippen MR) is 105 cm³/mol. The minimum atomic E-state index is -0.273. The first-order chi connectivity index (χ1) is 13.5. The van der Waals surface area contributed by atoms with Crippen LogP contribution in [0.15, 0.2) is 40.6 Å². The quantitative estimate of drug-likeness (QED) is 0.693. The first kappa shape index (κ1) is 18.3. The van der Waals surface area contributed by atoms with E-state index in [9.17, 15) is 9.59 Å². The lowest BCUT2D eigenvalue weighted by atomic mass is 9.96. The molecule has 0 aliphatic heterocycles. The van der Waals surface area contributed by atoms with Gasteiger partial charge in [0.05, 0.1) is 12.2 Å². The van der Waals surface area contributed by atoms with E-state index in [1.165, 1.54) is 36.4 Å². The van der Waals surface area contributed by atoms with Gasteiger partial charge in [-0.2, -0.15) is 5.10 Å². The first-order valence-corrected chi connectivity index (χ1v) is 9.66. The van der Waals surface area contributed by atoms with Crippen molar-refractivity contribution in [1.29, 1.82) is 0 Å². The Hall–Kier alpha value is -3.03. The Morgan fingerprint density at radius 3 is 2.86 bits per heavy atom. The molecule has 1 aliphatic carbocycles. The number of rotatable bonds is 3. The van der Waals surface area contributed by atoms with Crippen LogP contribution in [0.25, 0.3) is 11.0 Å². The van der Waals surface area contributed by atoms with Gasteiger partial charge in [-0.25, -0.2) is 4.98 Å². The summed E-state index contributed by atoms with van der Waals surface area (Å²) in [7, 11) is 1.73. The van der Waals surface area contributed by atoms with Gasteiger partial charge in [0.25, 0.3) is 11.5 Å². The molecular formula is C20H24N6O2. The van der Waals surface area contributed by atoms with Crippen LogP contribution in [0.2, 0.25) is 0 Å². The largest absolute Gasteiger partial charge is 0.289 e. The Morgan fingerprint density at radius 1 is 1.29 bits per heavy atom. The zero-order valence-corrected chi connectivity index (χ0v) is 16.2. The van der Waals surface area contributed by atoms with Gasteiger partial charge < -0.3 is 0 Å². The fourth-order valence-corrected chi connectivity index (χ4v) is 3.70. The van der Waals surface area contributed by atoms with Crippen molar-refractivity contribution in [3.63, 3.8) is 0 Å². The lowest BCUT2D eigenvalue weighted by Crippen LogP contribution is -2.34. The summed E-state index contributed by atoms with van der Waals surface area (Å²) in [6.07, 6.45) is 10.4. The summed E-state index contributed by atoms with van der Waals surface area (Å²) in [5.74, 6) is -0.221. The fraction of sp³-hybridized carbons (Fsp3) is 0.450. The summed E-state index contributed by atoms with van der Waals surface area (Å²) in [5, 5.41) is 4.46. The normalized spacial score (nSPS) is 16.0. The van der Waals surface area contributed by atoms with E-state index < -0.39 is 0 Å². The molecule has 28 heavy (non-hydrogen) atoms. The van der Waals surface area contributed by atoms with Gasteiger partial charge in [-0.3, -0.25) is 28.4 Å². The number of carbonyl (C=O) groups excluding carboxylic acids is 1. The molecule has 4 rings (SSSR count). The van der Waals surface area contributed by atoms with Crippen LogP contribution in [0, 0.1) is 6.92 Å².